The van der Waals surface area contributed by atoms with Crippen LogP contribution in [0.3, 0.4) is 0 Å². The van der Waals surface area contributed by atoms with Gasteiger partial charge < -0.3 is 10.0 Å². The third-order valence-electron chi connectivity index (χ3n) is 3.96. The molecule has 0 spiro atoms. The van der Waals surface area contributed by atoms with Crippen molar-refractivity contribution in [2.24, 2.45) is 0 Å². The topological polar surface area (TPSA) is 39.6 Å². The Balaban J connectivity index is 1.96. The second-order valence-electron chi connectivity index (χ2n) is 5.75. The maximum atomic E-state index is 10.1. The largest absolute Gasteiger partial charge is 0.391 e. The third-order valence-corrected chi connectivity index (χ3v) is 3.96. The van der Waals surface area contributed by atoms with Crippen molar-refractivity contribution in [2.75, 3.05) is 26.0 Å². The maximum absolute atomic E-state index is 10.1. The Labute approximate surface area is 116 Å². The highest BCUT2D eigenvalue weighted by Gasteiger charge is 2.26. The molecule has 0 radical (unpaired) electrons. The number of pyridine rings is 1. The van der Waals surface area contributed by atoms with Gasteiger partial charge in [0.25, 0.3) is 0 Å². The summed E-state index contributed by atoms with van der Waals surface area (Å²) in [6.45, 7) is 0.850. The molecule has 1 aromatic rings. The molecule has 1 saturated carbocycles. The minimum Gasteiger partial charge on any atom is -0.391 e. The average molecular weight is 263 g/mol. The summed E-state index contributed by atoms with van der Waals surface area (Å²) in [4.78, 5) is 8.69. The third kappa shape index (κ3) is 3.67. The van der Waals surface area contributed by atoms with Crippen molar-refractivity contribution in [3.63, 3.8) is 0 Å². The molecule has 0 amide bonds. The van der Waals surface area contributed by atoms with Crippen molar-refractivity contribution in [3.05, 3.63) is 23.9 Å². The molecule has 1 aliphatic rings. The van der Waals surface area contributed by atoms with Gasteiger partial charge in [-0.15, -0.1) is 0 Å². The molecule has 2 atom stereocenters. The summed E-state index contributed by atoms with van der Waals surface area (Å²) >= 11 is 0. The number of hydrogen-bond donors (Lipinski definition) is 1. The molecule has 2 rings (SSSR count). The van der Waals surface area contributed by atoms with Crippen LogP contribution >= 0.6 is 0 Å². The van der Waals surface area contributed by atoms with Crippen LogP contribution in [-0.4, -0.2) is 48.3 Å². The van der Waals surface area contributed by atoms with E-state index in [0.717, 1.165) is 31.6 Å². The highest BCUT2D eigenvalue weighted by molar-refractivity contribution is 5.37. The monoisotopic (exact) mass is 263 g/mol. The van der Waals surface area contributed by atoms with Crippen molar-refractivity contribution < 1.29 is 5.11 Å². The van der Waals surface area contributed by atoms with Crippen LogP contribution in [0.1, 0.15) is 31.2 Å². The molecule has 1 fully saturated rings. The van der Waals surface area contributed by atoms with Crippen molar-refractivity contribution in [1.82, 2.24) is 9.88 Å². The predicted octanol–water partition coefficient (Wildman–Crippen LogP) is 1.88. The van der Waals surface area contributed by atoms with E-state index >= 15 is 0 Å². The van der Waals surface area contributed by atoms with Gasteiger partial charge in [0.05, 0.1) is 6.10 Å². The van der Waals surface area contributed by atoms with Crippen LogP contribution in [0, 0.1) is 0 Å². The van der Waals surface area contributed by atoms with E-state index in [4.69, 9.17) is 0 Å². The number of aliphatic hydroxyl groups excluding tert-OH is 1. The molecule has 0 aliphatic heterocycles. The van der Waals surface area contributed by atoms with Crippen molar-refractivity contribution in [2.45, 2.75) is 44.4 Å². The first-order valence-corrected chi connectivity index (χ1v) is 7.08. The normalized spacial score (nSPS) is 23.6. The second-order valence-corrected chi connectivity index (χ2v) is 5.75. The van der Waals surface area contributed by atoms with E-state index in [-0.39, 0.29) is 6.10 Å². The number of anilines is 1. The van der Waals surface area contributed by atoms with Gasteiger partial charge >= 0.3 is 0 Å². The van der Waals surface area contributed by atoms with Gasteiger partial charge in [0.1, 0.15) is 5.82 Å². The zero-order valence-electron chi connectivity index (χ0n) is 12.2. The zero-order valence-corrected chi connectivity index (χ0v) is 12.2. The van der Waals surface area contributed by atoms with Crippen LogP contribution in [-0.2, 0) is 6.54 Å². The van der Waals surface area contributed by atoms with Crippen LogP contribution in [0.25, 0.3) is 0 Å². The van der Waals surface area contributed by atoms with E-state index < -0.39 is 0 Å². The van der Waals surface area contributed by atoms with Crippen molar-refractivity contribution >= 4 is 5.82 Å². The molecule has 1 aromatic heterocycles. The standard InChI is InChI=1S/C15H25N3O/c1-17(2)15-9-8-12(10-16-15)11-18(3)13-6-4-5-7-14(13)19/h8-10,13-14,19H,4-7,11H2,1-3H3/t13-,14+/m1/s1. The van der Waals surface area contributed by atoms with Crippen LogP contribution < -0.4 is 4.90 Å². The molecular weight excluding hydrogens is 238 g/mol. The summed E-state index contributed by atoms with van der Waals surface area (Å²) < 4.78 is 0. The molecule has 0 unspecified atom stereocenters. The van der Waals surface area contributed by atoms with E-state index in [1.54, 1.807) is 0 Å². The lowest BCUT2D eigenvalue weighted by Crippen LogP contribution is -2.42. The quantitative estimate of drug-likeness (QED) is 0.900. The van der Waals surface area contributed by atoms with Gasteiger partial charge in [-0.1, -0.05) is 18.9 Å². The fraction of sp³-hybridized carbons (Fsp3) is 0.667. The van der Waals surface area contributed by atoms with Crippen molar-refractivity contribution in [3.8, 4) is 0 Å². The highest BCUT2D eigenvalue weighted by Crippen LogP contribution is 2.23. The number of hydrogen-bond acceptors (Lipinski definition) is 4. The molecule has 1 heterocycles. The van der Waals surface area contributed by atoms with E-state index in [0.29, 0.717) is 6.04 Å². The lowest BCUT2D eigenvalue weighted by atomic mass is 9.91. The molecule has 0 saturated heterocycles. The van der Waals surface area contributed by atoms with Gasteiger partial charge in [-0.25, -0.2) is 4.98 Å². The minimum atomic E-state index is -0.173. The number of likely N-dealkylation sites (N-methyl/N-ethyl adjacent to an activating group) is 1. The van der Waals surface area contributed by atoms with Gasteiger partial charge in [-0.3, -0.25) is 4.90 Å². The van der Waals surface area contributed by atoms with Crippen LogP contribution in [0.15, 0.2) is 18.3 Å². The number of aromatic nitrogens is 1. The fourth-order valence-corrected chi connectivity index (χ4v) is 2.79. The van der Waals surface area contributed by atoms with Gasteiger partial charge in [0, 0.05) is 32.9 Å². The minimum absolute atomic E-state index is 0.173. The first kappa shape index (κ1) is 14.3. The molecule has 19 heavy (non-hydrogen) atoms. The van der Waals surface area contributed by atoms with E-state index in [1.807, 2.05) is 31.3 Å². The van der Waals surface area contributed by atoms with Crippen molar-refractivity contribution in [1.29, 1.82) is 0 Å². The molecule has 1 aliphatic carbocycles. The smallest absolute Gasteiger partial charge is 0.127 e. The molecule has 106 valence electrons. The van der Waals surface area contributed by atoms with E-state index in [9.17, 15) is 5.11 Å². The average Bonchev–Trinajstić information content (AvgIpc) is 2.39. The van der Waals surface area contributed by atoms with E-state index in [2.05, 4.69) is 23.0 Å². The zero-order chi connectivity index (χ0) is 13.8. The Kier molecular flexibility index (Phi) is 4.77. The van der Waals surface area contributed by atoms with Gasteiger partial charge in [-0.2, -0.15) is 0 Å². The molecule has 4 heteroatoms. The molecular formula is C15H25N3O. The predicted molar refractivity (Wildman–Crippen MR) is 78.3 cm³/mol. The number of rotatable bonds is 4. The number of aliphatic hydroxyl groups is 1. The van der Waals surface area contributed by atoms with Crippen LogP contribution in [0.5, 0.6) is 0 Å². The Bertz CT molecular complexity index is 391. The Morgan fingerprint density at radius 3 is 2.53 bits per heavy atom. The Morgan fingerprint density at radius 2 is 1.95 bits per heavy atom. The maximum Gasteiger partial charge on any atom is 0.127 e. The summed E-state index contributed by atoms with van der Waals surface area (Å²) in [5.74, 6) is 0.976. The molecule has 0 bridgehead atoms. The summed E-state index contributed by atoms with van der Waals surface area (Å²) in [5.41, 5.74) is 1.20. The number of nitrogens with zero attached hydrogens (tertiary/aromatic N) is 3. The highest BCUT2D eigenvalue weighted by atomic mass is 16.3. The van der Waals surface area contributed by atoms with Crippen LogP contribution in [0.2, 0.25) is 0 Å². The Morgan fingerprint density at radius 1 is 1.21 bits per heavy atom. The summed E-state index contributed by atoms with van der Waals surface area (Å²) in [5, 5.41) is 10.1. The first-order valence-electron chi connectivity index (χ1n) is 7.08. The summed E-state index contributed by atoms with van der Waals surface area (Å²) in [6.07, 6.45) is 6.18. The Hall–Kier alpha value is -1.13. The fourth-order valence-electron chi connectivity index (χ4n) is 2.79. The van der Waals surface area contributed by atoms with E-state index in [1.165, 1.54) is 12.0 Å². The SMILES string of the molecule is CN(C)c1ccc(CN(C)[C@@H]2CCCC[C@@H]2O)cn1. The first-order chi connectivity index (χ1) is 9.08. The summed E-state index contributed by atoms with van der Waals surface area (Å²) in [6, 6.07) is 4.45. The molecule has 4 nitrogen and oxygen atoms in total. The molecule has 0 aromatic carbocycles. The lowest BCUT2D eigenvalue weighted by Gasteiger charge is -2.35. The van der Waals surface area contributed by atoms with Gasteiger partial charge in [-0.05, 0) is 31.5 Å². The second kappa shape index (κ2) is 6.35. The van der Waals surface area contributed by atoms with Gasteiger partial charge in [0.2, 0.25) is 0 Å². The molecule has 1 N–H and O–H groups in total. The van der Waals surface area contributed by atoms with Crippen LogP contribution in [0.4, 0.5) is 5.82 Å². The lowest BCUT2D eigenvalue weighted by molar-refractivity contribution is 0.0288. The summed E-state index contributed by atoms with van der Waals surface area (Å²) in [7, 11) is 6.08. The van der Waals surface area contributed by atoms with Gasteiger partial charge in [0.15, 0.2) is 0 Å².